The largest absolute Gasteiger partial charge is 0.394 e. The van der Waals surface area contributed by atoms with Gasteiger partial charge in [0.15, 0.2) is 11.6 Å². The van der Waals surface area contributed by atoms with Crippen LogP contribution in [0, 0.1) is 5.82 Å². The maximum absolute atomic E-state index is 16.0. The fourth-order valence-corrected chi connectivity index (χ4v) is 7.21. The number of carbonyl (C=O) groups excluding carboxylic acids is 1. The number of benzene rings is 2. The number of carbonyl (C=O) groups is 1. The lowest BCUT2D eigenvalue weighted by molar-refractivity contribution is 0.00376. The van der Waals surface area contributed by atoms with Crippen LogP contribution in [0.3, 0.4) is 0 Å². The predicted octanol–water partition coefficient (Wildman–Crippen LogP) is 4.42. The second-order valence-corrected chi connectivity index (χ2v) is 12.3. The Kier molecular flexibility index (Phi) is 7.00. The Morgan fingerprint density at radius 2 is 1.84 bits per heavy atom. The smallest absolute Gasteiger partial charge is 0.261 e. The zero-order valence-corrected chi connectivity index (χ0v) is 24.7. The molecule has 1 unspecified atom stereocenters. The van der Waals surface area contributed by atoms with E-state index in [1.807, 2.05) is 30.3 Å². The highest BCUT2D eigenvalue weighted by molar-refractivity contribution is 6.00. The molecule has 0 spiro atoms. The van der Waals surface area contributed by atoms with Gasteiger partial charge in [-0.25, -0.2) is 9.37 Å². The summed E-state index contributed by atoms with van der Waals surface area (Å²) in [5, 5.41) is 21.3. The number of ether oxygens (including phenoxy) is 1. The molecule has 9 rings (SSSR count). The van der Waals surface area contributed by atoms with Gasteiger partial charge in [0.2, 0.25) is 0 Å². The lowest BCUT2D eigenvalue weighted by Gasteiger charge is -2.46. The average molecular weight is 612 g/mol. The second-order valence-electron chi connectivity index (χ2n) is 12.3. The van der Waals surface area contributed by atoms with E-state index in [4.69, 9.17) is 14.2 Å². The van der Waals surface area contributed by atoms with E-state index >= 15 is 4.39 Å². The van der Waals surface area contributed by atoms with Gasteiger partial charge in [0.05, 0.1) is 48.8 Å². The molecular formula is C33H34FN7O4. The predicted molar refractivity (Wildman–Crippen MR) is 164 cm³/mol. The van der Waals surface area contributed by atoms with Gasteiger partial charge in [-0.15, -0.1) is 0 Å². The number of rotatable bonds is 8. The van der Waals surface area contributed by atoms with Crippen LogP contribution in [0.5, 0.6) is 0 Å². The van der Waals surface area contributed by atoms with Gasteiger partial charge in [0, 0.05) is 35.3 Å². The van der Waals surface area contributed by atoms with Crippen molar-refractivity contribution in [3.05, 3.63) is 83.1 Å². The average Bonchev–Trinajstić information content (AvgIpc) is 3.71. The van der Waals surface area contributed by atoms with Gasteiger partial charge >= 0.3 is 0 Å². The fourth-order valence-electron chi connectivity index (χ4n) is 7.21. The van der Waals surface area contributed by atoms with E-state index in [1.54, 1.807) is 29.3 Å². The summed E-state index contributed by atoms with van der Waals surface area (Å²) in [6.45, 7) is 4.06. The normalized spacial score (nSPS) is 24.3. The van der Waals surface area contributed by atoms with Crippen molar-refractivity contribution in [3.8, 4) is 11.5 Å². The molecule has 2 aromatic heterocycles. The minimum absolute atomic E-state index is 0.0812. The van der Waals surface area contributed by atoms with Gasteiger partial charge < -0.3 is 34.8 Å². The van der Waals surface area contributed by atoms with Crippen molar-refractivity contribution in [1.29, 1.82) is 0 Å². The molecule has 3 N–H and O–H groups in total. The van der Waals surface area contributed by atoms with E-state index in [0.717, 1.165) is 50.3 Å². The number of hydrogen-bond donors (Lipinski definition) is 3. The maximum Gasteiger partial charge on any atom is 0.261 e. The molecule has 12 heteroatoms. The van der Waals surface area contributed by atoms with E-state index in [1.165, 1.54) is 0 Å². The quantitative estimate of drug-likeness (QED) is 0.263. The van der Waals surface area contributed by atoms with E-state index in [0.29, 0.717) is 47.2 Å². The monoisotopic (exact) mass is 611 g/mol. The number of hydrogen-bond acceptors (Lipinski definition) is 10. The zero-order valence-electron chi connectivity index (χ0n) is 24.7. The molecule has 5 aliphatic rings. The SMILES string of the molecule is O=C1c2ccc(Nc3cc(N[C@H](CO)c4ccccc4)c(-c4nc(C56CCN(CC5)CC6)no4)cn3)c(F)c2C2COCCN12. The van der Waals surface area contributed by atoms with Crippen molar-refractivity contribution >= 4 is 23.1 Å². The first kappa shape index (κ1) is 28.1. The Bertz CT molecular complexity index is 1730. The molecule has 4 fully saturated rings. The van der Waals surface area contributed by atoms with E-state index in [2.05, 4.69) is 25.7 Å². The number of aliphatic hydroxyl groups is 1. The Morgan fingerprint density at radius 1 is 1.04 bits per heavy atom. The molecule has 4 saturated heterocycles. The summed E-state index contributed by atoms with van der Waals surface area (Å²) in [7, 11) is 0. The lowest BCUT2D eigenvalue weighted by atomic mass is 9.71. The van der Waals surface area contributed by atoms with Crippen molar-refractivity contribution in [2.24, 2.45) is 0 Å². The molecule has 232 valence electrons. The molecule has 4 aromatic rings. The minimum Gasteiger partial charge on any atom is -0.394 e. The first-order chi connectivity index (χ1) is 22.0. The third-order valence-electron chi connectivity index (χ3n) is 9.86. The Balaban J connectivity index is 1.14. The number of nitrogens with zero attached hydrogens (tertiary/aromatic N) is 5. The molecule has 0 aliphatic carbocycles. The summed E-state index contributed by atoms with van der Waals surface area (Å²) in [5.74, 6) is 0.742. The summed E-state index contributed by atoms with van der Waals surface area (Å²) < 4.78 is 27.4. The van der Waals surface area contributed by atoms with Crippen LogP contribution in [-0.4, -0.2) is 81.9 Å². The number of halogens is 1. The number of piperidine rings is 3. The lowest BCUT2D eigenvalue weighted by Crippen LogP contribution is -2.51. The first-order valence-corrected chi connectivity index (χ1v) is 15.5. The van der Waals surface area contributed by atoms with Gasteiger partial charge in [0.25, 0.3) is 11.8 Å². The van der Waals surface area contributed by atoms with Gasteiger partial charge in [-0.1, -0.05) is 35.5 Å². The number of aliphatic hydroxyl groups excluding tert-OH is 1. The number of aromatic nitrogens is 3. The van der Waals surface area contributed by atoms with E-state index in [-0.39, 0.29) is 30.2 Å². The van der Waals surface area contributed by atoms with E-state index in [9.17, 15) is 9.90 Å². The number of pyridine rings is 1. The van der Waals surface area contributed by atoms with Crippen LogP contribution in [0.1, 0.15) is 58.7 Å². The van der Waals surface area contributed by atoms with Crippen LogP contribution in [0.25, 0.3) is 11.5 Å². The van der Waals surface area contributed by atoms with Crippen LogP contribution >= 0.6 is 0 Å². The molecule has 2 aromatic carbocycles. The summed E-state index contributed by atoms with van der Waals surface area (Å²) in [5.41, 5.74) is 2.88. The number of amides is 1. The molecule has 1 amide bonds. The Labute approximate surface area is 259 Å². The molecule has 5 aliphatic heterocycles. The summed E-state index contributed by atoms with van der Waals surface area (Å²) in [4.78, 5) is 26.5. The van der Waals surface area contributed by atoms with Crippen molar-refractivity contribution < 1.29 is 23.6 Å². The molecular weight excluding hydrogens is 577 g/mol. The molecule has 45 heavy (non-hydrogen) atoms. The Morgan fingerprint density at radius 3 is 2.62 bits per heavy atom. The maximum atomic E-state index is 16.0. The Hall–Kier alpha value is -4.39. The van der Waals surface area contributed by atoms with Gasteiger partial charge in [-0.3, -0.25) is 4.79 Å². The molecule has 0 saturated carbocycles. The highest BCUT2D eigenvalue weighted by Gasteiger charge is 2.44. The van der Waals surface area contributed by atoms with Crippen LogP contribution in [0.4, 0.5) is 21.6 Å². The zero-order chi connectivity index (χ0) is 30.5. The third-order valence-corrected chi connectivity index (χ3v) is 9.86. The number of nitrogens with one attached hydrogen (secondary N) is 2. The van der Waals surface area contributed by atoms with Crippen molar-refractivity contribution in [2.75, 3.05) is 56.6 Å². The standard InChI is InChI=1S/C33H34FN7O4/c34-29-23(7-6-21-28(29)26-19-44-15-14-41(26)31(21)43)37-27-16-24(36-25(18-42)20-4-2-1-3-5-20)22(17-35-27)30-38-32(39-45-30)33-8-11-40(12-9-33)13-10-33/h1-7,16-17,25-26,42H,8-15,18-19H2,(H2,35,36,37)/t25-,26?/m1/s1. The highest BCUT2D eigenvalue weighted by Crippen LogP contribution is 2.43. The molecule has 2 atom stereocenters. The molecule has 2 bridgehead atoms. The minimum atomic E-state index is -0.504. The molecule has 11 nitrogen and oxygen atoms in total. The van der Waals surface area contributed by atoms with Crippen molar-refractivity contribution in [1.82, 2.24) is 24.9 Å². The van der Waals surface area contributed by atoms with Crippen LogP contribution in [-0.2, 0) is 10.2 Å². The van der Waals surface area contributed by atoms with Gasteiger partial charge in [-0.2, -0.15) is 4.98 Å². The van der Waals surface area contributed by atoms with Crippen molar-refractivity contribution in [3.63, 3.8) is 0 Å². The van der Waals surface area contributed by atoms with Crippen LogP contribution in [0.15, 0.2) is 59.3 Å². The highest BCUT2D eigenvalue weighted by atomic mass is 19.1. The van der Waals surface area contributed by atoms with Crippen molar-refractivity contribution in [2.45, 2.75) is 36.8 Å². The number of fused-ring (bicyclic) bond motifs is 6. The third kappa shape index (κ3) is 4.84. The second kappa shape index (κ2) is 11.2. The van der Waals surface area contributed by atoms with E-state index < -0.39 is 17.9 Å². The van der Waals surface area contributed by atoms with Crippen LogP contribution < -0.4 is 10.6 Å². The summed E-state index contributed by atoms with van der Waals surface area (Å²) in [6, 6.07) is 13.7. The molecule has 0 radical (unpaired) electrons. The molecule has 7 heterocycles. The van der Waals surface area contributed by atoms with Crippen LogP contribution in [0.2, 0.25) is 0 Å². The summed E-state index contributed by atoms with van der Waals surface area (Å²) in [6.07, 6.45) is 4.62. The number of morpholine rings is 1. The van der Waals surface area contributed by atoms with Gasteiger partial charge in [-0.05, 0) is 56.6 Å². The summed E-state index contributed by atoms with van der Waals surface area (Å²) >= 11 is 0. The fraction of sp³-hybridized carbons (Fsp3) is 0.394. The number of anilines is 3. The first-order valence-electron chi connectivity index (χ1n) is 15.5. The topological polar surface area (TPSA) is 129 Å². The van der Waals surface area contributed by atoms with Gasteiger partial charge in [0.1, 0.15) is 5.82 Å².